The van der Waals surface area contributed by atoms with E-state index in [1.165, 1.54) is 11.8 Å². The average molecular weight is 442 g/mol. The number of rotatable bonds is 7. The Hall–Kier alpha value is -2.61. The Morgan fingerprint density at radius 2 is 2.00 bits per heavy atom. The van der Waals surface area contributed by atoms with Gasteiger partial charge in [-0.25, -0.2) is 4.98 Å². The number of aromatic nitrogens is 3. The molecule has 4 rings (SSSR count). The molecule has 5 nitrogen and oxygen atoms in total. The van der Waals surface area contributed by atoms with Gasteiger partial charge in [-0.3, -0.25) is 9.48 Å². The number of hydrogen-bond donors (Lipinski definition) is 1. The van der Waals surface area contributed by atoms with Crippen molar-refractivity contribution in [3.8, 4) is 0 Å². The third-order valence-corrected chi connectivity index (χ3v) is 6.68. The lowest BCUT2D eigenvalue weighted by atomic mass is 10.2. The van der Waals surface area contributed by atoms with Crippen LogP contribution in [0.15, 0.2) is 60.9 Å². The van der Waals surface area contributed by atoms with E-state index in [0.717, 1.165) is 31.3 Å². The van der Waals surface area contributed by atoms with Crippen LogP contribution in [0, 0.1) is 0 Å². The predicted octanol–water partition coefficient (Wildman–Crippen LogP) is 5.51. The zero-order chi connectivity index (χ0) is 20.2. The number of halogens is 1. The van der Waals surface area contributed by atoms with Crippen molar-refractivity contribution in [3.05, 3.63) is 82.1 Å². The smallest absolute Gasteiger partial charge is 0.313 e. The van der Waals surface area contributed by atoms with Gasteiger partial charge >= 0.3 is 5.97 Å². The Morgan fingerprint density at radius 3 is 2.79 bits per heavy atom. The molecule has 0 unspecified atom stereocenters. The van der Waals surface area contributed by atoms with Crippen LogP contribution in [0.4, 0.5) is 0 Å². The first-order valence-corrected chi connectivity index (χ1v) is 10.9. The van der Waals surface area contributed by atoms with E-state index in [0.29, 0.717) is 11.6 Å². The normalized spacial score (nSPS) is 11.8. The number of thioether (sulfide) groups is 1. The summed E-state index contributed by atoms with van der Waals surface area (Å²) in [5, 5.41) is 15.0. The van der Waals surface area contributed by atoms with Crippen molar-refractivity contribution in [2.24, 2.45) is 0 Å². The molecule has 29 heavy (non-hydrogen) atoms. The third kappa shape index (κ3) is 4.87. The standard InChI is InChI=1S/C21H16ClN3O2S2/c22-16-6-2-1-5-15(16)12-25-11-14(10-23-25)9-19(28-13-20(26)27)21-24-17-7-3-4-8-18(17)29-21/h1-11H,12-13H2,(H,26,27)/b19-9-. The molecule has 8 heteroatoms. The highest BCUT2D eigenvalue weighted by atomic mass is 35.5. The number of carboxylic acids is 1. The second kappa shape index (κ2) is 8.82. The Labute approximate surface area is 180 Å². The van der Waals surface area contributed by atoms with E-state index in [1.807, 2.05) is 65.5 Å². The van der Waals surface area contributed by atoms with Crippen LogP contribution in [0.3, 0.4) is 0 Å². The molecule has 146 valence electrons. The molecule has 2 aromatic carbocycles. The van der Waals surface area contributed by atoms with E-state index >= 15 is 0 Å². The molecular weight excluding hydrogens is 426 g/mol. The molecule has 4 aromatic rings. The molecule has 0 aliphatic carbocycles. The minimum Gasteiger partial charge on any atom is -0.481 e. The van der Waals surface area contributed by atoms with Gasteiger partial charge < -0.3 is 5.11 Å². The highest BCUT2D eigenvalue weighted by Crippen LogP contribution is 2.35. The molecule has 2 aromatic heterocycles. The quantitative estimate of drug-likeness (QED) is 0.409. The number of carboxylic acid groups (broad SMARTS) is 1. The fraction of sp³-hybridized carbons (Fsp3) is 0.0952. The van der Waals surface area contributed by atoms with Crippen LogP contribution in [0.25, 0.3) is 21.2 Å². The lowest BCUT2D eigenvalue weighted by Crippen LogP contribution is -2.00. The average Bonchev–Trinajstić information content (AvgIpc) is 3.33. The number of nitrogens with zero attached hydrogens (tertiary/aromatic N) is 3. The second-order valence-corrected chi connectivity index (χ2v) is 8.70. The fourth-order valence-corrected chi connectivity index (χ4v) is 4.82. The molecule has 0 aliphatic rings. The third-order valence-electron chi connectivity index (χ3n) is 4.10. The van der Waals surface area contributed by atoms with Crippen LogP contribution in [0.2, 0.25) is 5.02 Å². The van der Waals surface area contributed by atoms with Crippen molar-refractivity contribution in [2.45, 2.75) is 6.54 Å². The number of thiazole rings is 1. The van der Waals surface area contributed by atoms with Gasteiger partial charge in [-0.15, -0.1) is 23.1 Å². The second-order valence-electron chi connectivity index (χ2n) is 6.24. The molecule has 0 saturated carbocycles. The first kappa shape index (κ1) is 19.7. The zero-order valence-electron chi connectivity index (χ0n) is 15.2. The largest absolute Gasteiger partial charge is 0.481 e. The van der Waals surface area contributed by atoms with Crippen LogP contribution in [0.5, 0.6) is 0 Å². The summed E-state index contributed by atoms with van der Waals surface area (Å²) in [6, 6.07) is 15.5. The maximum absolute atomic E-state index is 11.1. The SMILES string of the molecule is O=C(O)CS/C(=C\c1cnn(Cc2ccccc2Cl)c1)c1nc2ccccc2s1. The van der Waals surface area contributed by atoms with Crippen molar-refractivity contribution in [2.75, 3.05) is 5.75 Å². The van der Waals surface area contributed by atoms with E-state index in [9.17, 15) is 4.79 Å². The topological polar surface area (TPSA) is 68.0 Å². The molecule has 0 amide bonds. The Morgan fingerprint density at radius 1 is 1.21 bits per heavy atom. The van der Waals surface area contributed by atoms with Gasteiger partial charge in [-0.2, -0.15) is 5.10 Å². The monoisotopic (exact) mass is 441 g/mol. The number of benzene rings is 2. The highest BCUT2D eigenvalue weighted by molar-refractivity contribution is 8.09. The molecule has 0 spiro atoms. The molecule has 0 bridgehead atoms. The van der Waals surface area contributed by atoms with Crippen LogP contribution in [0.1, 0.15) is 16.1 Å². The van der Waals surface area contributed by atoms with E-state index in [4.69, 9.17) is 16.7 Å². The molecule has 0 fully saturated rings. The lowest BCUT2D eigenvalue weighted by Gasteiger charge is -2.04. The summed E-state index contributed by atoms with van der Waals surface area (Å²) in [5.74, 6) is -0.897. The number of para-hydroxylation sites is 1. The minimum absolute atomic E-state index is 0.0322. The summed E-state index contributed by atoms with van der Waals surface area (Å²) < 4.78 is 2.88. The summed E-state index contributed by atoms with van der Waals surface area (Å²) in [5.41, 5.74) is 2.77. The molecule has 0 saturated heterocycles. The van der Waals surface area contributed by atoms with Gasteiger partial charge in [-0.05, 0) is 29.8 Å². The Balaban J connectivity index is 1.63. The summed E-state index contributed by atoms with van der Waals surface area (Å²) in [6.45, 7) is 0.562. The van der Waals surface area contributed by atoms with Gasteiger partial charge in [0.2, 0.25) is 0 Å². The maximum atomic E-state index is 11.1. The van der Waals surface area contributed by atoms with Gasteiger partial charge in [-0.1, -0.05) is 41.9 Å². The first-order valence-electron chi connectivity index (χ1n) is 8.76. The molecule has 1 N–H and O–H groups in total. The van der Waals surface area contributed by atoms with Crippen LogP contribution < -0.4 is 0 Å². The van der Waals surface area contributed by atoms with Gasteiger partial charge in [0.15, 0.2) is 0 Å². The van der Waals surface area contributed by atoms with E-state index in [2.05, 4.69) is 10.1 Å². The number of fused-ring (bicyclic) bond motifs is 1. The predicted molar refractivity (Wildman–Crippen MR) is 120 cm³/mol. The van der Waals surface area contributed by atoms with Crippen molar-refractivity contribution in [3.63, 3.8) is 0 Å². The van der Waals surface area contributed by atoms with E-state index < -0.39 is 5.97 Å². The minimum atomic E-state index is -0.864. The molecule has 2 heterocycles. The van der Waals surface area contributed by atoms with E-state index in [1.54, 1.807) is 17.5 Å². The first-order chi connectivity index (χ1) is 14.1. The molecule has 0 radical (unpaired) electrons. The number of hydrogen-bond acceptors (Lipinski definition) is 5. The maximum Gasteiger partial charge on any atom is 0.313 e. The Kier molecular flexibility index (Phi) is 5.99. The van der Waals surface area contributed by atoms with Crippen molar-refractivity contribution >= 4 is 61.9 Å². The number of carbonyl (C=O) groups is 1. The molecule has 0 aliphatic heterocycles. The highest BCUT2D eigenvalue weighted by Gasteiger charge is 2.12. The van der Waals surface area contributed by atoms with Gasteiger partial charge in [0.05, 0.1) is 28.7 Å². The van der Waals surface area contributed by atoms with Crippen molar-refractivity contribution in [1.82, 2.24) is 14.8 Å². The van der Waals surface area contributed by atoms with Crippen molar-refractivity contribution < 1.29 is 9.90 Å². The fourth-order valence-electron chi connectivity index (χ4n) is 2.78. The van der Waals surface area contributed by atoms with Gasteiger partial charge in [0.25, 0.3) is 0 Å². The zero-order valence-corrected chi connectivity index (χ0v) is 17.5. The van der Waals surface area contributed by atoms with Crippen molar-refractivity contribution in [1.29, 1.82) is 0 Å². The molecular formula is C21H16ClN3O2S2. The van der Waals surface area contributed by atoms with Crippen LogP contribution in [-0.2, 0) is 11.3 Å². The van der Waals surface area contributed by atoms with Crippen LogP contribution in [-0.4, -0.2) is 31.6 Å². The van der Waals surface area contributed by atoms with Gasteiger partial charge in [0, 0.05) is 21.7 Å². The molecule has 0 atom stereocenters. The van der Waals surface area contributed by atoms with Gasteiger partial charge in [0.1, 0.15) is 5.01 Å². The summed E-state index contributed by atoms with van der Waals surface area (Å²) in [4.78, 5) is 16.6. The summed E-state index contributed by atoms with van der Waals surface area (Å²) in [7, 11) is 0. The number of aliphatic carboxylic acids is 1. The summed E-state index contributed by atoms with van der Waals surface area (Å²) >= 11 is 9.05. The Bertz CT molecular complexity index is 1170. The van der Waals surface area contributed by atoms with Crippen LogP contribution >= 0.6 is 34.7 Å². The lowest BCUT2D eigenvalue weighted by molar-refractivity contribution is -0.133. The van der Waals surface area contributed by atoms with E-state index in [-0.39, 0.29) is 5.75 Å². The summed E-state index contributed by atoms with van der Waals surface area (Å²) in [6.07, 6.45) is 5.60.